The Balaban J connectivity index is 1.74. The monoisotopic (exact) mass is 392 g/mol. The van der Waals surface area contributed by atoms with Crippen molar-refractivity contribution >= 4 is 5.96 Å². The van der Waals surface area contributed by atoms with Crippen molar-refractivity contribution in [3.05, 3.63) is 29.6 Å². The van der Waals surface area contributed by atoms with E-state index in [-0.39, 0.29) is 11.9 Å². The summed E-state index contributed by atoms with van der Waals surface area (Å²) in [7, 11) is 3.91. The number of nitrogens with one attached hydrogen (secondary N) is 2. The molecule has 1 unspecified atom stereocenters. The molecule has 0 aromatic heterocycles. The Morgan fingerprint density at radius 1 is 1.29 bits per heavy atom. The molecule has 0 aliphatic heterocycles. The molecule has 1 atom stereocenters. The fraction of sp³-hybridized carbons (Fsp3) is 0.682. The molecular weight excluding hydrogens is 355 g/mol. The molecule has 1 aliphatic rings. The van der Waals surface area contributed by atoms with Gasteiger partial charge in [-0.1, -0.05) is 6.07 Å². The highest BCUT2D eigenvalue weighted by Gasteiger charge is 2.22. The van der Waals surface area contributed by atoms with Crippen molar-refractivity contribution in [3.8, 4) is 5.75 Å². The van der Waals surface area contributed by atoms with Crippen molar-refractivity contribution in [2.45, 2.75) is 58.5 Å². The molecule has 5 nitrogen and oxygen atoms in total. The van der Waals surface area contributed by atoms with Crippen molar-refractivity contribution in [2.24, 2.45) is 10.9 Å². The highest BCUT2D eigenvalue weighted by Crippen LogP contribution is 2.30. The Hall–Kier alpha value is -1.82. The number of unbranched alkanes of at least 4 members (excludes halogenated alkanes) is 1. The Labute approximate surface area is 169 Å². The van der Waals surface area contributed by atoms with Gasteiger partial charge >= 0.3 is 0 Å². The van der Waals surface area contributed by atoms with Gasteiger partial charge in [-0.2, -0.15) is 0 Å². The van der Waals surface area contributed by atoms with E-state index in [1.807, 2.05) is 13.0 Å². The summed E-state index contributed by atoms with van der Waals surface area (Å²) in [5.74, 6) is 1.39. The van der Waals surface area contributed by atoms with Crippen LogP contribution in [0.15, 0.2) is 23.2 Å². The second-order valence-electron chi connectivity index (χ2n) is 8.09. The lowest BCUT2D eigenvalue weighted by Gasteiger charge is -2.21. The Bertz CT molecular complexity index is 631. The predicted molar refractivity (Wildman–Crippen MR) is 115 cm³/mol. The summed E-state index contributed by atoms with van der Waals surface area (Å²) < 4.78 is 19.9. The van der Waals surface area contributed by atoms with E-state index in [0.717, 1.165) is 37.5 Å². The normalized spacial score (nSPS) is 15.8. The van der Waals surface area contributed by atoms with E-state index in [2.05, 4.69) is 41.4 Å². The minimum absolute atomic E-state index is 0.0507. The molecule has 2 N–H and O–H groups in total. The fourth-order valence-corrected chi connectivity index (χ4v) is 2.83. The first-order chi connectivity index (χ1) is 13.4. The van der Waals surface area contributed by atoms with E-state index in [1.54, 1.807) is 19.2 Å². The van der Waals surface area contributed by atoms with Gasteiger partial charge in [-0.25, -0.2) is 4.39 Å². The number of halogens is 1. The van der Waals surface area contributed by atoms with Gasteiger partial charge in [0.15, 0.2) is 17.5 Å². The first-order valence-electron chi connectivity index (χ1n) is 10.5. The topological polar surface area (TPSA) is 48.9 Å². The lowest BCUT2D eigenvalue weighted by molar-refractivity contribution is 0.268. The minimum atomic E-state index is -0.302. The molecule has 0 amide bonds. The molecular formula is C22H37FN4O. The Morgan fingerprint density at radius 2 is 2.04 bits per heavy atom. The van der Waals surface area contributed by atoms with Crippen molar-refractivity contribution < 1.29 is 9.13 Å². The molecule has 158 valence electrons. The fourth-order valence-electron chi connectivity index (χ4n) is 2.83. The molecule has 1 aromatic carbocycles. The third-order valence-corrected chi connectivity index (χ3v) is 5.32. The van der Waals surface area contributed by atoms with Crippen LogP contribution >= 0.6 is 0 Å². The zero-order valence-electron chi connectivity index (χ0n) is 18.1. The zero-order valence-corrected chi connectivity index (χ0v) is 18.1. The molecule has 1 aliphatic carbocycles. The average Bonchev–Trinajstić information content (AvgIpc) is 3.49. The maximum absolute atomic E-state index is 14.3. The van der Waals surface area contributed by atoms with Gasteiger partial charge in [-0.3, -0.25) is 4.99 Å². The molecule has 6 heteroatoms. The molecule has 0 saturated heterocycles. The number of hydrogen-bond acceptors (Lipinski definition) is 3. The SMILES string of the molecule is CN=C(NCCCCN(C)C(C)C)NC(C)c1ccc(OCC2CC2)c(F)c1. The van der Waals surface area contributed by atoms with E-state index >= 15 is 0 Å². The third-order valence-electron chi connectivity index (χ3n) is 5.32. The largest absolute Gasteiger partial charge is 0.490 e. The Morgan fingerprint density at radius 3 is 2.64 bits per heavy atom. The van der Waals surface area contributed by atoms with Crippen LogP contribution in [0.25, 0.3) is 0 Å². The van der Waals surface area contributed by atoms with Crippen molar-refractivity contribution in [3.63, 3.8) is 0 Å². The highest BCUT2D eigenvalue weighted by atomic mass is 19.1. The molecule has 2 rings (SSSR count). The molecule has 0 bridgehead atoms. The van der Waals surface area contributed by atoms with Crippen LogP contribution in [0, 0.1) is 11.7 Å². The summed E-state index contributed by atoms with van der Waals surface area (Å²) in [5.41, 5.74) is 0.873. The number of aliphatic imine (C=N–C) groups is 1. The van der Waals surface area contributed by atoms with Gasteiger partial charge in [0.25, 0.3) is 0 Å². The zero-order chi connectivity index (χ0) is 20.5. The molecule has 0 spiro atoms. The Kier molecular flexibility index (Phi) is 9.03. The van der Waals surface area contributed by atoms with Crippen LogP contribution in [0.3, 0.4) is 0 Å². The second-order valence-corrected chi connectivity index (χ2v) is 8.09. The summed E-state index contributed by atoms with van der Waals surface area (Å²) in [4.78, 5) is 6.62. The third kappa shape index (κ3) is 7.66. The number of benzene rings is 1. The molecule has 1 fully saturated rings. The van der Waals surface area contributed by atoms with Crippen molar-refractivity contribution in [1.29, 1.82) is 0 Å². The predicted octanol–water partition coefficient (Wildman–Crippen LogP) is 3.96. The number of nitrogens with zero attached hydrogens (tertiary/aromatic N) is 2. The summed E-state index contributed by atoms with van der Waals surface area (Å²) in [6, 6.07) is 5.72. The molecule has 1 saturated carbocycles. The average molecular weight is 393 g/mol. The highest BCUT2D eigenvalue weighted by molar-refractivity contribution is 5.80. The number of rotatable bonds is 11. The molecule has 28 heavy (non-hydrogen) atoms. The van der Waals surface area contributed by atoms with Gasteiger partial charge in [0, 0.05) is 19.6 Å². The standard InChI is InChI=1S/C22H37FN4O/c1-16(2)27(5)13-7-6-12-25-22(24-4)26-17(3)19-10-11-21(20(23)14-19)28-15-18-8-9-18/h10-11,14,16-18H,6-9,12-13,15H2,1-5H3,(H2,24,25,26). The van der Waals surface area contributed by atoms with Gasteiger partial charge in [0.05, 0.1) is 12.6 Å². The smallest absolute Gasteiger partial charge is 0.191 e. The summed E-state index contributed by atoms with van der Waals surface area (Å²) in [5, 5.41) is 6.67. The van der Waals surface area contributed by atoms with Crippen LogP contribution in [0.1, 0.15) is 58.1 Å². The lowest BCUT2D eigenvalue weighted by atomic mass is 10.1. The van der Waals surface area contributed by atoms with Crippen molar-refractivity contribution in [1.82, 2.24) is 15.5 Å². The minimum Gasteiger partial charge on any atom is -0.490 e. The maximum atomic E-state index is 14.3. The number of ether oxygens (including phenoxy) is 1. The van der Waals surface area contributed by atoms with Gasteiger partial charge < -0.3 is 20.3 Å². The van der Waals surface area contributed by atoms with E-state index in [1.165, 1.54) is 12.8 Å². The molecule has 0 radical (unpaired) electrons. The number of hydrogen-bond donors (Lipinski definition) is 2. The van der Waals surface area contributed by atoms with Crippen LogP contribution in [-0.2, 0) is 0 Å². The van der Waals surface area contributed by atoms with Crippen LogP contribution in [0.5, 0.6) is 5.75 Å². The van der Waals surface area contributed by atoms with E-state index in [4.69, 9.17) is 4.74 Å². The van der Waals surface area contributed by atoms with Gasteiger partial charge in [-0.15, -0.1) is 0 Å². The summed E-state index contributed by atoms with van der Waals surface area (Å²) >= 11 is 0. The maximum Gasteiger partial charge on any atom is 0.191 e. The molecule has 1 aromatic rings. The van der Waals surface area contributed by atoms with E-state index in [9.17, 15) is 4.39 Å². The summed E-state index contributed by atoms with van der Waals surface area (Å²) in [6.45, 7) is 8.99. The van der Waals surface area contributed by atoms with Crippen LogP contribution in [-0.4, -0.2) is 50.7 Å². The molecule has 0 heterocycles. The van der Waals surface area contributed by atoms with E-state index in [0.29, 0.717) is 24.3 Å². The summed E-state index contributed by atoms with van der Waals surface area (Å²) in [6.07, 6.45) is 4.61. The number of guanidine groups is 1. The van der Waals surface area contributed by atoms with Crippen LogP contribution < -0.4 is 15.4 Å². The van der Waals surface area contributed by atoms with Crippen molar-refractivity contribution in [2.75, 3.05) is 33.8 Å². The lowest BCUT2D eigenvalue weighted by Crippen LogP contribution is -2.39. The van der Waals surface area contributed by atoms with E-state index < -0.39 is 0 Å². The van der Waals surface area contributed by atoms with Crippen LogP contribution in [0.2, 0.25) is 0 Å². The van der Waals surface area contributed by atoms with Gasteiger partial charge in [0.2, 0.25) is 0 Å². The quantitative estimate of drug-likeness (QED) is 0.340. The van der Waals surface area contributed by atoms with Crippen LogP contribution in [0.4, 0.5) is 4.39 Å². The first-order valence-corrected chi connectivity index (χ1v) is 10.5. The van der Waals surface area contributed by atoms with Gasteiger partial charge in [-0.05, 0) is 83.7 Å². The second kappa shape index (κ2) is 11.2. The first kappa shape index (κ1) is 22.5. The van der Waals surface area contributed by atoms with Gasteiger partial charge in [0.1, 0.15) is 0 Å².